The molecule has 2 aromatic heterocycles. The topological polar surface area (TPSA) is 92.1 Å². The van der Waals surface area contributed by atoms with Crippen LogP contribution in [0.1, 0.15) is 52.5 Å². The molecule has 1 amide bonds. The molecule has 1 aromatic carbocycles. The second-order valence-electron chi connectivity index (χ2n) is 7.81. The maximum absolute atomic E-state index is 12.7. The molecule has 0 fully saturated rings. The quantitative estimate of drug-likeness (QED) is 0.313. The van der Waals surface area contributed by atoms with Gasteiger partial charge in [0.25, 0.3) is 0 Å². The van der Waals surface area contributed by atoms with E-state index in [4.69, 9.17) is 4.74 Å². The highest BCUT2D eigenvalue weighted by atomic mass is 32.2. The van der Waals surface area contributed by atoms with Gasteiger partial charge in [-0.2, -0.15) is 5.26 Å². The minimum Gasteiger partial charge on any atom is -0.462 e. The van der Waals surface area contributed by atoms with Crippen LogP contribution in [0.25, 0.3) is 11.3 Å². The van der Waals surface area contributed by atoms with Crippen molar-refractivity contribution in [3.05, 3.63) is 64.0 Å². The third-order valence-corrected chi connectivity index (χ3v) is 7.72. The first kappa shape index (κ1) is 24.0. The minimum atomic E-state index is -0.368. The van der Waals surface area contributed by atoms with Gasteiger partial charge in [-0.1, -0.05) is 30.3 Å². The van der Waals surface area contributed by atoms with Gasteiger partial charge in [-0.25, -0.2) is 9.78 Å². The summed E-state index contributed by atoms with van der Waals surface area (Å²) in [6.45, 7) is 2.08. The minimum absolute atomic E-state index is 0.172. The number of thiophene rings is 1. The molecule has 4 rings (SSSR count). The van der Waals surface area contributed by atoms with Crippen LogP contribution >= 0.6 is 23.1 Å². The molecule has 0 aliphatic heterocycles. The van der Waals surface area contributed by atoms with E-state index in [-0.39, 0.29) is 18.3 Å². The summed E-state index contributed by atoms with van der Waals surface area (Å²) >= 11 is 2.87. The van der Waals surface area contributed by atoms with Gasteiger partial charge in [0.05, 0.1) is 23.4 Å². The van der Waals surface area contributed by atoms with Crippen molar-refractivity contribution in [2.24, 2.45) is 0 Å². The molecule has 1 N–H and O–H groups in total. The number of thioether (sulfide) groups is 1. The largest absolute Gasteiger partial charge is 0.462 e. The van der Waals surface area contributed by atoms with Crippen LogP contribution in [0.5, 0.6) is 0 Å². The Morgan fingerprint density at radius 1 is 1.18 bits per heavy atom. The Bertz CT molecular complexity index is 1230. The lowest BCUT2D eigenvalue weighted by Crippen LogP contribution is -2.16. The predicted molar refractivity (Wildman–Crippen MR) is 135 cm³/mol. The Morgan fingerprint density at radius 3 is 2.74 bits per heavy atom. The lowest BCUT2D eigenvalue weighted by atomic mass is 9.95. The lowest BCUT2D eigenvalue weighted by Gasteiger charge is -2.12. The van der Waals surface area contributed by atoms with Crippen molar-refractivity contribution >= 4 is 40.0 Å². The van der Waals surface area contributed by atoms with Crippen molar-refractivity contribution in [3.8, 4) is 17.3 Å². The van der Waals surface area contributed by atoms with Gasteiger partial charge in [-0.3, -0.25) is 4.79 Å². The molecule has 0 bridgehead atoms. The molecule has 0 saturated carbocycles. The lowest BCUT2D eigenvalue weighted by molar-refractivity contribution is -0.115. The molecule has 2 heterocycles. The molecule has 0 radical (unpaired) electrons. The summed E-state index contributed by atoms with van der Waals surface area (Å²) in [6.07, 6.45) is 4.13. The van der Waals surface area contributed by atoms with Crippen molar-refractivity contribution in [2.75, 3.05) is 17.7 Å². The molecule has 1 aliphatic carbocycles. The number of aryl methyl sites for hydroxylation is 1. The number of hydrogen-bond acceptors (Lipinski definition) is 7. The van der Waals surface area contributed by atoms with Crippen molar-refractivity contribution in [3.63, 3.8) is 0 Å². The Hall–Kier alpha value is -3.15. The third-order valence-electron chi connectivity index (χ3n) is 5.52. The van der Waals surface area contributed by atoms with E-state index in [0.29, 0.717) is 33.5 Å². The van der Waals surface area contributed by atoms with Gasteiger partial charge in [0, 0.05) is 22.6 Å². The normalized spacial score (nSPS) is 12.5. The third kappa shape index (κ3) is 5.49. The maximum Gasteiger partial charge on any atom is 0.341 e. The van der Waals surface area contributed by atoms with Crippen molar-refractivity contribution in [1.82, 2.24) is 4.98 Å². The highest BCUT2D eigenvalue weighted by Crippen LogP contribution is 2.38. The molecule has 0 atom stereocenters. The van der Waals surface area contributed by atoms with E-state index in [2.05, 4.69) is 16.4 Å². The fourth-order valence-electron chi connectivity index (χ4n) is 3.91. The van der Waals surface area contributed by atoms with E-state index in [0.717, 1.165) is 42.5 Å². The number of esters is 1. The first-order valence-electron chi connectivity index (χ1n) is 11.3. The molecular formula is C26H25N3O3S2. The number of benzene rings is 1. The average Bonchev–Trinajstić information content (AvgIpc) is 3.22. The van der Waals surface area contributed by atoms with Gasteiger partial charge in [0.2, 0.25) is 5.91 Å². The van der Waals surface area contributed by atoms with Crippen LogP contribution in [0.4, 0.5) is 5.00 Å². The number of anilines is 1. The number of rotatable bonds is 8. The Kier molecular flexibility index (Phi) is 7.99. The molecule has 34 heavy (non-hydrogen) atoms. The maximum atomic E-state index is 12.7. The molecule has 8 heteroatoms. The van der Waals surface area contributed by atoms with Crippen LogP contribution in [-0.2, 0) is 22.4 Å². The molecule has 3 aromatic rings. The second-order valence-corrected chi connectivity index (χ2v) is 10.00. The first-order chi connectivity index (χ1) is 16.6. The molecule has 6 nitrogen and oxygen atoms in total. The molecule has 0 unspecified atom stereocenters. The molecular weight excluding hydrogens is 466 g/mol. The van der Waals surface area contributed by atoms with Gasteiger partial charge < -0.3 is 10.1 Å². The summed E-state index contributed by atoms with van der Waals surface area (Å²) < 4.78 is 5.26. The van der Waals surface area contributed by atoms with Gasteiger partial charge in [-0.05, 0) is 50.3 Å². The van der Waals surface area contributed by atoms with Crippen molar-refractivity contribution < 1.29 is 14.3 Å². The summed E-state index contributed by atoms with van der Waals surface area (Å²) in [5.41, 5.74) is 3.79. The highest BCUT2D eigenvalue weighted by molar-refractivity contribution is 7.99. The number of hydrogen-bond donors (Lipinski definition) is 1. The zero-order valence-corrected chi connectivity index (χ0v) is 20.6. The van der Waals surface area contributed by atoms with Crippen LogP contribution in [0.3, 0.4) is 0 Å². The number of amides is 1. The van der Waals surface area contributed by atoms with Gasteiger partial charge >= 0.3 is 5.97 Å². The molecule has 0 spiro atoms. The Labute approximate surface area is 207 Å². The SMILES string of the molecule is CCOC(=O)c1c(NC(=O)CCSc2nc(-c3ccccc3)ccc2C#N)sc2c1CCCC2. The standard InChI is InChI=1S/C26H25N3O3S2/c1-2-32-26(31)23-19-10-6-7-11-21(19)34-25(23)29-22(30)14-15-33-24-18(16-27)12-13-20(28-24)17-8-4-3-5-9-17/h3-5,8-9,12-13H,2,6-7,10-11,14-15H2,1H3,(H,29,30). The fraction of sp³-hybridized carbons (Fsp3) is 0.308. The predicted octanol–water partition coefficient (Wildman–Crippen LogP) is 5.86. The Morgan fingerprint density at radius 2 is 1.97 bits per heavy atom. The fourth-order valence-corrected chi connectivity index (χ4v) is 6.11. The number of aromatic nitrogens is 1. The van der Waals surface area contributed by atoms with E-state index < -0.39 is 0 Å². The van der Waals surface area contributed by atoms with E-state index in [1.807, 2.05) is 36.4 Å². The zero-order chi connectivity index (χ0) is 23.9. The van der Waals surface area contributed by atoms with Crippen LogP contribution in [-0.4, -0.2) is 29.2 Å². The molecule has 0 saturated heterocycles. The summed E-state index contributed by atoms with van der Waals surface area (Å²) in [4.78, 5) is 31.1. The average molecular weight is 492 g/mol. The van der Waals surface area contributed by atoms with Crippen LogP contribution in [0, 0.1) is 11.3 Å². The van der Waals surface area contributed by atoms with Crippen LogP contribution < -0.4 is 5.32 Å². The molecule has 174 valence electrons. The summed E-state index contributed by atoms with van der Waals surface area (Å²) in [6, 6.07) is 15.5. The smallest absolute Gasteiger partial charge is 0.341 e. The van der Waals surface area contributed by atoms with Gasteiger partial charge in [0.15, 0.2) is 0 Å². The van der Waals surface area contributed by atoms with Gasteiger partial charge in [-0.15, -0.1) is 23.1 Å². The number of carbonyl (C=O) groups is 2. The van der Waals surface area contributed by atoms with Crippen LogP contribution in [0.15, 0.2) is 47.5 Å². The summed E-state index contributed by atoms with van der Waals surface area (Å²) in [5, 5.41) is 13.6. The zero-order valence-electron chi connectivity index (χ0n) is 18.9. The molecule has 1 aliphatic rings. The van der Waals surface area contributed by atoms with E-state index in [1.54, 1.807) is 13.0 Å². The number of nitrogens with one attached hydrogen (secondary N) is 1. The van der Waals surface area contributed by atoms with Crippen molar-refractivity contribution in [2.45, 2.75) is 44.1 Å². The van der Waals surface area contributed by atoms with E-state index >= 15 is 0 Å². The van der Waals surface area contributed by atoms with E-state index in [1.165, 1.54) is 28.0 Å². The number of carbonyl (C=O) groups excluding carboxylic acids is 2. The van der Waals surface area contributed by atoms with Crippen LogP contribution in [0.2, 0.25) is 0 Å². The van der Waals surface area contributed by atoms with Gasteiger partial charge in [0.1, 0.15) is 16.1 Å². The highest BCUT2D eigenvalue weighted by Gasteiger charge is 2.27. The number of nitriles is 1. The summed E-state index contributed by atoms with van der Waals surface area (Å²) in [5.74, 6) is -0.0764. The van der Waals surface area contributed by atoms with Crippen molar-refractivity contribution in [1.29, 1.82) is 5.26 Å². The number of fused-ring (bicyclic) bond motifs is 1. The number of nitrogens with zero attached hydrogens (tertiary/aromatic N) is 2. The first-order valence-corrected chi connectivity index (χ1v) is 13.1. The monoisotopic (exact) mass is 491 g/mol. The second kappa shape index (κ2) is 11.3. The Balaban J connectivity index is 1.43. The van der Waals surface area contributed by atoms with E-state index in [9.17, 15) is 14.9 Å². The summed E-state index contributed by atoms with van der Waals surface area (Å²) in [7, 11) is 0. The number of pyridine rings is 1. The number of ether oxygens (including phenoxy) is 1.